The molecule has 0 bridgehead atoms. The van der Waals surface area contributed by atoms with E-state index in [1.807, 2.05) is 0 Å². The van der Waals surface area contributed by atoms with Gasteiger partial charge in [0.05, 0.1) is 36.7 Å². The van der Waals surface area contributed by atoms with E-state index < -0.39 is 18.0 Å². The van der Waals surface area contributed by atoms with Gasteiger partial charge in [0.25, 0.3) is 5.91 Å². The lowest BCUT2D eigenvalue weighted by Crippen LogP contribution is -2.27. The number of nitrogens with two attached hydrogens (primary N) is 1. The van der Waals surface area contributed by atoms with E-state index in [4.69, 9.17) is 19.9 Å². The summed E-state index contributed by atoms with van der Waals surface area (Å²) in [6.45, 7) is 3.33. The molecule has 0 saturated carbocycles. The van der Waals surface area contributed by atoms with Crippen LogP contribution in [-0.2, 0) is 9.47 Å². The second-order valence-corrected chi connectivity index (χ2v) is 7.32. The summed E-state index contributed by atoms with van der Waals surface area (Å²) in [5, 5.41) is 3.76. The first-order chi connectivity index (χ1) is 14.0. The van der Waals surface area contributed by atoms with Crippen molar-refractivity contribution in [2.24, 2.45) is 5.73 Å². The Balaban J connectivity index is 1.68. The van der Waals surface area contributed by atoms with Gasteiger partial charge in [-0.3, -0.25) is 4.79 Å². The molecule has 1 aliphatic heterocycles. The van der Waals surface area contributed by atoms with Gasteiger partial charge in [-0.15, -0.1) is 11.3 Å². The molecule has 0 atom stereocenters. The predicted octanol–water partition coefficient (Wildman–Crippen LogP) is 2.17. The topological polar surface area (TPSA) is 121 Å². The van der Waals surface area contributed by atoms with Crippen molar-refractivity contribution in [3.8, 4) is 5.88 Å². The van der Waals surface area contributed by atoms with E-state index in [0.717, 1.165) is 0 Å². The lowest BCUT2D eigenvalue weighted by Gasteiger charge is -2.18. The van der Waals surface area contributed by atoms with Gasteiger partial charge in [0, 0.05) is 0 Å². The molecule has 3 aromatic heterocycles. The highest BCUT2D eigenvalue weighted by molar-refractivity contribution is 7.20. The average molecular weight is 419 g/mol. The number of primary amides is 1. The molecule has 4 heterocycles. The van der Waals surface area contributed by atoms with Crippen molar-refractivity contribution in [3.05, 3.63) is 34.8 Å². The van der Waals surface area contributed by atoms with Gasteiger partial charge in [-0.1, -0.05) is 0 Å². The van der Waals surface area contributed by atoms with Gasteiger partial charge >= 0.3 is 0 Å². The second-order valence-electron chi connectivity index (χ2n) is 6.32. The number of anilines is 2. The maximum atomic E-state index is 13.8. The molecule has 3 N–H and O–H groups in total. The first-order valence-electron chi connectivity index (χ1n) is 8.82. The molecule has 9 nitrogen and oxygen atoms in total. The third kappa shape index (κ3) is 4.11. The molecule has 11 heteroatoms. The molecule has 1 saturated heterocycles. The minimum absolute atomic E-state index is 0.0545. The van der Waals surface area contributed by atoms with Crippen molar-refractivity contribution in [3.63, 3.8) is 0 Å². The molecule has 1 fully saturated rings. The molecule has 0 radical (unpaired) electrons. The molecule has 3 aromatic rings. The van der Waals surface area contributed by atoms with Crippen molar-refractivity contribution in [1.29, 1.82) is 0 Å². The second kappa shape index (κ2) is 8.23. The van der Waals surface area contributed by atoms with Gasteiger partial charge in [-0.2, -0.15) is 9.37 Å². The summed E-state index contributed by atoms with van der Waals surface area (Å²) < 4.78 is 30.4. The molecular formula is C18H18FN5O4S. The van der Waals surface area contributed by atoms with E-state index >= 15 is 0 Å². The summed E-state index contributed by atoms with van der Waals surface area (Å²) in [5.74, 6) is -0.726. The van der Waals surface area contributed by atoms with Crippen LogP contribution in [0.3, 0.4) is 0 Å². The number of carbonyl (C=O) groups excluding carboxylic acids is 1. The Morgan fingerprint density at radius 2 is 2.07 bits per heavy atom. The quantitative estimate of drug-likeness (QED) is 0.604. The number of nitrogens with zero attached hydrogens (tertiary/aromatic N) is 3. The lowest BCUT2D eigenvalue weighted by molar-refractivity contribution is 0.0567. The predicted molar refractivity (Wildman–Crippen MR) is 104 cm³/mol. The summed E-state index contributed by atoms with van der Waals surface area (Å²) in [7, 11) is 0. The minimum Gasteiger partial charge on any atom is -0.468 e. The van der Waals surface area contributed by atoms with Crippen LogP contribution < -0.4 is 15.8 Å². The van der Waals surface area contributed by atoms with E-state index in [1.54, 1.807) is 6.92 Å². The van der Waals surface area contributed by atoms with Crippen LogP contribution >= 0.6 is 11.3 Å². The van der Waals surface area contributed by atoms with Crippen LogP contribution in [0.2, 0.25) is 0 Å². The molecule has 1 aliphatic rings. The number of aryl methyl sites for hydroxylation is 1. The molecule has 0 unspecified atom stereocenters. The highest BCUT2D eigenvalue weighted by Crippen LogP contribution is 2.35. The Morgan fingerprint density at radius 3 is 2.79 bits per heavy atom. The molecular weight excluding hydrogens is 401 g/mol. The smallest absolute Gasteiger partial charge is 0.259 e. The summed E-state index contributed by atoms with van der Waals surface area (Å²) in [5.41, 5.74) is 6.52. The fraction of sp³-hybridized carbons (Fsp3) is 0.333. The Kier molecular flexibility index (Phi) is 5.51. The first-order valence-corrected chi connectivity index (χ1v) is 9.64. The van der Waals surface area contributed by atoms with Gasteiger partial charge < -0.3 is 25.3 Å². The standard InChI is InChI=1S/C18H18FN5O4S/c1-9-13-16(21-8-22-18(13)29-14(9)15(20)25)23-11-2-3-12(19)24-17(11)28-10-6-26-4-5-27-7-10/h2-3,8,10H,4-7H2,1H3,(H2,20,25)(H,21,22,23). The molecule has 29 heavy (non-hydrogen) atoms. The number of amides is 1. The number of hydrogen-bond donors (Lipinski definition) is 2. The van der Waals surface area contributed by atoms with E-state index in [0.29, 0.717) is 58.6 Å². The zero-order chi connectivity index (χ0) is 20.4. The Hall–Kier alpha value is -2.89. The molecule has 0 spiro atoms. The SMILES string of the molecule is Cc1c(C(N)=O)sc2ncnc(Nc3ccc(F)nc3OC3COCCOC3)c12. The van der Waals surface area contributed by atoms with Crippen molar-refractivity contribution in [2.45, 2.75) is 13.0 Å². The van der Waals surface area contributed by atoms with E-state index in [1.165, 1.54) is 29.8 Å². The van der Waals surface area contributed by atoms with Gasteiger partial charge in [0.1, 0.15) is 28.8 Å². The number of thiophene rings is 1. The van der Waals surface area contributed by atoms with Crippen LogP contribution in [0.15, 0.2) is 18.5 Å². The summed E-state index contributed by atoms with van der Waals surface area (Å²) >= 11 is 1.19. The van der Waals surface area contributed by atoms with Gasteiger partial charge in [-0.25, -0.2) is 9.97 Å². The van der Waals surface area contributed by atoms with E-state index in [9.17, 15) is 9.18 Å². The number of rotatable bonds is 5. The molecule has 152 valence electrons. The van der Waals surface area contributed by atoms with Crippen molar-refractivity contribution in [1.82, 2.24) is 15.0 Å². The maximum absolute atomic E-state index is 13.8. The van der Waals surface area contributed by atoms with Crippen LogP contribution in [0.4, 0.5) is 15.9 Å². The van der Waals surface area contributed by atoms with Crippen molar-refractivity contribution >= 4 is 39.0 Å². The maximum Gasteiger partial charge on any atom is 0.259 e. The van der Waals surface area contributed by atoms with Crippen LogP contribution in [0.1, 0.15) is 15.2 Å². The number of fused-ring (bicyclic) bond motifs is 1. The molecule has 0 aromatic carbocycles. The van der Waals surface area contributed by atoms with Crippen LogP contribution in [0, 0.1) is 12.9 Å². The van der Waals surface area contributed by atoms with Crippen molar-refractivity contribution < 1.29 is 23.4 Å². The summed E-state index contributed by atoms with van der Waals surface area (Å²) in [6, 6.07) is 2.71. The highest BCUT2D eigenvalue weighted by atomic mass is 32.1. The number of aromatic nitrogens is 3. The van der Waals surface area contributed by atoms with Crippen LogP contribution in [-0.4, -0.2) is 53.4 Å². The summed E-state index contributed by atoms with van der Waals surface area (Å²) in [6.07, 6.45) is 0.942. The Morgan fingerprint density at radius 1 is 1.31 bits per heavy atom. The number of halogens is 1. The normalized spacial score (nSPS) is 15.2. The number of pyridine rings is 1. The highest BCUT2D eigenvalue weighted by Gasteiger charge is 2.21. The van der Waals surface area contributed by atoms with E-state index in [-0.39, 0.29) is 5.88 Å². The summed E-state index contributed by atoms with van der Waals surface area (Å²) in [4.78, 5) is 25.0. The number of carbonyl (C=O) groups is 1. The molecule has 4 rings (SSSR count). The van der Waals surface area contributed by atoms with Gasteiger partial charge in [0.2, 0.25) is 11.8 Å². The van der Waals surface area contributed by atoms with Gasteiger partial charge in [-0.05, 0) is 24.6 Å². The third-order valence-corrected chi connectivity index (χ3v) is 5.50. The monoisotopic (exact) mass is 419 g/mol. The van der Waals surface area contributed by atoms with Crippen LogP contribution in [0.25, 0.3) is 10.2 Å². The first kappa shape index (κ1) is 19.4. The Labute approximate surface area is 169 Å². The third-order valence-electron chi connectivity index (χ3n) is 4.29. The zero-order valence-electron chi connectivity index (χ0n) is 15.5. The number of hydrogen-bond acceptors (Lipinski definition) is 9. The van der Waals surface area contributed by atoms with Gasteiger partial charge in [0.15, 0.2) is 0 Å². The zero-order valence-corrected chi connectivity index (χ0v) is 16.3. The number of ether oxygens (including phenoxy) is 3. The minimum atomic E-state index is -0.684. The fourth-order valence-corrected chi connectivity index (χ4v) is 3.95. The van der Waals surface area contributed by atoms with Crippen LogP contribution in [0.5, 0.6) is 5.88 Å². The Bertz CT molecular complexity index is 1050. The average Bonchev–Trinajstić information content (AvgIpc) is 2.86. The largest absolute Gasteiger partial charge is 0.468 e. The molecule has 1 amide bonds. The molecule has 0 aliphatic carbocycles. The fourth-order valence-electron chi connectivity index (χ4n) is 2.95. The van der Waals surface area contributed by atoms with Crippen molar-refractivity contribution in [2.75, 3.05) is 31.7 Å². The van der Waals surface area contributed by atoms with E-state index in [2.05, 4.69) is 20.3 Å². The number of nitrogens with one attached hydrogen (secondary N) is 1. The lowest BCUT2D eigenvalue weighted by atomic mass is 10.2.